The van der Waals surface area contributed by atoms with Gasteiger partial charge in [0, 0.05) is 21.9 Å². The van der Waals surface area contributed by atoms with Crippen molar-refractivity contribution in [3.8, 4) is 0 Å². The van der Waals surface area contributed by atoms with Crippen LogP contribution in [0.1, 0.15) is 49.8 Å². The molecular formula is C22H23Cl2NO3. The number of likely N-dealkylation sites (tertiary alicyclic amines) is 1. The number of carboxylic acid groups (broad SMARTS) is 1. The number of benzene rings is 2. The van der Waals surface area contributed by atoms with Crippen LogP contribution in [0.2, 0.25) is 10.0 Å². The summed E-state index contributed by atoms with van der Waals surface area (Å²) in [5.41, 5.74) is 1.87. The van der Waals surface area contributed by atoms with E-state index in [1.165, 1.54) is 0 Å². The van der Waals surface area contributed by atoms with Gasteiger partial charge >= 0.3 is 5.97 Å². The monoisotopic (exact) mass is 419 g/mol. The molecule has 6 heteroatoms. The smallest absolute Gasteiger partial charge is 0.326 e. The van der Waals surface area contributed by atoms with Crippen molar-refractivity contribution in [2.45, 2.75) is 44.7 Å². The highest BCUT2D eigenvalue weighted by molar-refractivity contribution is 6.30. The van der Waals surface area contributed by atoms with Crippen molar-refractivity contribution in [1.82, 2.24) is 4.90 Å². The van der Waals surface area contributed by atoms with Crippen LogP contribution in [0.25, 0.3) is 0 Å². The molecule has 2 aromatic carbocycles. The van der Waals surface area contributed by atoms with E-state index in [2.05, 4.69) is 0 Å². The van der Waals surface area contributed by atoms with E-state index in [0.29, 0.717) is 22.9 Å². The molecule has 148 valence electrons. The molecule has 1 saturated heterocycles. The minimum absolute atomic E-state index is 0.0685. The van der Waals surface area contributed by atoms with E-state index in [0.717, 1.165) is 11.1 Å². The zero-order valence-electron chi connectivity index (χ0n) is 15.8. The topological polar surface area (TPSA) is 57.6 Å². The predicted molar refractivity (Wildman–Crippen MR) is 111 cm³/mol. The molecule has 1 amide bonds. The molecular weight excluding hydrogens is 397 g/mol. The number of hydrogen-bond donors (Lipinski definition) is 1. The third kappa shape index (κ3) is 4.03. The van der Waals surface area contributed by atoms with Crippen LogP contribution in [-0.2, 0) is 9.59 Å². The molecule has 4 atom stereocenters. The Balaban J connectivity index is 2.17. The average molecular weight is 420 g/mol. The molecule has 2 unspecified atom stereocenters. The van der Waals surface area contributed by atoms with Crippen molar-refractivity contribution in [1.29, 1.82) is 0 Å². The van der Waals surface area contributed by atoms with Gasteiger partial charge in [0.05, 0.1) is 6.04 Å². The first kappa shape index (κ1) is 20.7. The van der Waals surface area contributed by atoms with Gasteiger partial charge in [-0.05, 0) is 48.2 Å². The van der Waals surface area contributed by atoms with Gasteiger partial charge in [-0.25, -0.2) is 4.79 Å². The molecule has 4 nitrogen and oxygen atoms in total. The largest absolute Gasteiger partial charge is 0.480 e. The highest BCUT2D eigenvalue weighted by atomic mass is 35.5. The molecule has 0 aliphatic carbocycles. The molecule has 1 aliphatic heterocycles. The molecule has 0 aromatic heterocycles. The minimum Gasteiger partial charge on any atom is -0.480 e. The van der Waals surface area contributed by atoms with Gasteiger partial charge in [0.15, 0.2) is 0 Å². The maximum atomic E-state index is 13.1. The Labute approximate surface area is 175 Å². The van der Waals surface area contributed by atoms with Gasteiger partial charge in [0.25, 0.3) is 0 Å². The first-order chi connectivity index (χ1) is 13.3. The van der Waals surface area contributed by atoms with Crippen LogP contribution < -0.4 is 0 Å². The molecule has 2 aromatic rings. The number of carboxylic acids is 1. The second-order valence-electron chi connectivity index (χ2n) is 7.30. The van der Waals surface area contributed by atoms with Crippen LogP contribution in [-0.4, -0.2) is 27.9 Å². The van der Waals surface area contributed by atoms with E-state index < -0.39 is 18.1 Å². The number of halogens is 2. The second kappa shape index (κ2) is 8.54. The Bertz CT molecular complexity index is 868. The second-order valence-corrected chi connectivity index (χ2v) is 8.18. The van der Waals surface area contributed by atoms with Crippen molar-refractivity contribution < 1.29 is 14.7 Å². The molecule has 0 saturated carbocycles. The van der Waals surface area contributed by atoms with E-state index in [1.807, 2.05) is 43.3 Å². The Morgan fingerprint density at radius 3 is 2.39 bits per heavy atom. The van der Waals surface area contributed by atoms with Gasteiger partial charge in [-0.15, -0.1) is 0 Å². The number of nitrogens with zero attached hydrogens (tertiary/aromatic N) is 1. The van der Waals surface area contributed by atoms with Crippen LogP contribution in [0.3, 0.4) is 0 Å². The molecule has 0 radical (unpaired) electrons. The standard InChI is InChI=1S/C22H23Cl2NO3/c1-3-19(22(27)28)25-20(14-7-9-16(23)10-8-14)18(11-13(2)21(25)26)15-5-4-6-17(24)12-15/h4-10,12-13,18-20H,3,11H2,1-2H3,(H,27,28)/t13?,18-,19?,20-/m1/s1. The quantitative estimate of drug-likeness (QED) is 0.690. The fourth-order valence-corrected chi connectivity index (χ4v) is 4.47. The number of carbonyl (C=O) groups is 2. The van der Waals surface area contributed by atoms with Crippen LogP contribution in [0.4, 0.5) is 0 Å². The number of aliphatic carboxylic acids is 1. The fourth-order valence-electron chi connectivity index (χ4n) is 4.14. The molecule has 3 rings (SSSR count). The predicted octanol–water partition coefficient (Wildman–Crippen LogP) is 5.55. The van der Waals surface area contributed by atoms with E-state index in [9.17, 15) is 14.7 Å². The first-order valence-electron chi connectivity index (χ1n) is 9.39. The van der Waals surface area contributed by atoms with Crippen molar-refractivity contribution >= 4 is 35.1 Å². The minimum atomic E-state index is -0.992. The summed E-state index contributed by atoms with van der Waals surface area (Å²) in [6.45, 7) is 3.65. The number of hydrogen-bond acceptors (Lipinski definition) is 2. The first-order valence-corrected chi connectivity index (χ1v) is 10.1. The van der Waals surface area contributed by atoms with Gasteiger partial charge < -0.3 is 10.0 Å². The summed E-state index contributed by atoms with van der Waals surface area (Å²) in [6.07, 6.45) is 0.958. The van der Waals surface area contributed by atoms with Crippen LogP contribution in [0.5, 0.6) is 0 Å². The molecule has 1 fully saturated rings. The Morgan fingerprint density at radius 2 is 1.82 bits per heavy atom. The lowest BCUT2D eigenvalue weighted by atomic mass is 9.75. The highest BCUT2D eigenvalue weighted by Gasteiger charge is 2.45. The van der Waals surface area contributed by atoms with Gasteiger partial charge in [0.1, 0.15) is 6.04 Å². The summed E-state index contributed by atoms with van der Waals surface area (Å²) in [5.74, 6) is -1.47. The average Bonchev–Trinajstić information content (AvgIpc) is 2.66. The van der Waals surface area contributed by atoms with Crippen molar-refractivity contribution in [3.05, 3.63) is 69.7 Å². The highest BCUT2D eigenvalue weighted by Crippen LogP contribution is 2.46. The molecule has 28 heavy (non-hydrogen) atoms. The fraction of sp³-hybridized carbons (Fsp3) is 0.364. The Hall–Kier alpha value is -2.04. The SMILES string of the molecule is CCC(C(=O)O)N1C(=O)C(C)C[C@H](c2cccc(Cl)c2)[C@H]1c1ccc(Cl)cc1. The van der Waals surface area contributed by atoms with Crippen LogP contribution >= 0.6 is 23.2 Å². The maximum absolute atomic E-state index is 13.1. The number of carbonyl (C=O) groups excluding carboxylic acids is 1. The van der Waals surface area contributed by atoms with Crippen molar-refractivity contribution in [2.75, 3.05) is 0 Å². The lowest BCUT2D eigenvalue weighted by Crippen LogP contribution is -2.53. The summed E-state index contributed by atoms with van der Waals surface area (Å²) in [4.78, 5) is 26.7. The Morgan fingerprint density at radius 1 is 1.14 bits per heavy atom. The maximum Gasteiger partial charge on any atom is 0.326 e. The number of amides is 1. The third-order valence-electron chi connectivity index (χ3n) is 5.46. The lowest BCUT2D eigenvalue weighted by Gasteiger charge is -2.46. The van der Waals surface area contributed by atoms with Crippen LogP contribution in [0.15, 0.2) is 48.5 Å². The number of piperidine rings is 1. The van der Waals surface area contributed by atoms with Gasteiger partial charge in [-0.2, -0.15) is 0 Å². The molecule has 0 bridgehead atoms. The van der Waals surface area contributed by atoms with Gasteiger partial charge in [-0.1, -0.05) is 61.3 Å². The van der Waals surface area contributed by atoms with E-state index >= 15 is 0 Å². The van der Waals surface area contributed by atoms with Crippen LogP contribution in [0, 0.1) is 5.92 Å². The number of rotatable bonds is 5. The lowest BCUT2D eigenvalue weighted by molar-refractivity contribution is -0.158. The molecule has 1 heterocycles. The summed E-state index contributed by atoms with van der Waals surface area (Å²) in [5, 5.41) is 11.0. The third-order valence-corrected chi connectivity index (χ3v) is 5.95. The summed E-state index contributed by atoms with van der Waals surface area (Å²) in [6, 6.07) is 13.6. The molecule has 1 aliphatic rings. The molecule has 0 spiro atoms. The Kier molecular flexibility index (Phi) is 6.31. The normalized spacial score (nSPS) is 23.5. The zero-order valence-corrected chi connectivity index (χ0v) is 17.3. The van der Waals surface area contributed by atoms with Gasteiger partial charge in [-0.3, -0.25) is 4.79 Å². The summed E-state index contributed by atoms with van der Waals surface area (Å²) in [7, 11) is 0. The van der Waals surface area contributed by atoms with E-state index in [-0.39, 0.29) is 17.7 Å². The van der Waals surface area contributed by atoms with Gasteiger partial charge in [0.2, 0.25) is 5.91 Å². The van der Waals surface area contributed by atoms with E-state index in [4.69, 9.17) is 23.2 Å². The summed E-state index contributed by atoms with van der Waals surface area (Å²) < 4.78 is 0. The molecule has 1 N–H and O–H groups in total. The van der Waals surface area contributed by atoms with E-state index in [1.54, 1.807) is 24.0 Å². The zero-order chi connectivity index (χ0) is 20.4. The summed E-state index contributed by atoms with van der Waals surface area (Å²) >= 11 is 12.3. The van der Waals surface area contributed by atoms with Crippen molar-refractivity contribution in [3.63, 3.8) is 0 Å². The van der Waals surface area contributed by atoms with Crippen molar-refractivity contribution in [2.24, 2.45) is 5.92 Å².